The Kier molecular flexibility index (Phi) is 3.25. The summed E-state index contributed by atoms with van der Waals surface area (Å²) < 4.78 is 5.13. The van der Waals surface area contributed by atoms with Gasteiger partial charge in [0.15, 0.2) is 0 Å². The molecule has 1 N–H and O–H groups in total. The average molecular weight is 218 g/mol. The first-order valence-corrected chi connectivity index (χ1v) is 5.40. The first-order chi connectivity index (χ1) is 7.77. The van der Waals surface area contributed by atoms with E-state index in [1.165, 1.54) is 11.6 Å². The van der Waals surface area contributed by atoms with Gasteiger partial charge in [0.2, 0.25) is 0 Å². The van der Waals surface area contributed by atoms with Crippen molar-refractivity contribution in [3.8, 4) is 5.75 Å². The fraction of sp³-hybridized carbons (Fsp3) is 0.308. The van der Waals surface area contributed by atoms with Crippen LogP contribution in [0, 0.1) is 0 Å². The molecule has 1 aliphatic rings. The van der Waals surface area contributed by atoms with Crippen LogP contribution in [0.1, 0.15) is 29.6 Å². The quantitative estimate of drug-likeness (QED) is 0.626. The second-order valence-corrected chi connectivity index (χ2v) is 3.85. The van der Waals surface area contributed by atoms with E-state index in [1.54, 1.807) is 18.2 Å². The smallest absolute Gasteiger partial charge is 0.342 e. The summed E-state index contributed by atoms with van der Waals surface area (Å²) in [7, 11) is 0. The predicted octanol–water partition coefficient (Wildman–Crippen LogP) is 2.66. The Bertz CT molecular complexity index is 421. The number of aromatic hydroxyl groups is 1. The molecule has 0 unspecified atom stereocenters. The zero-order valence-electron chi connectivity index (χ0n) is 8.98. The standard InChI is InChI=1S/C13H14O3/c14-12-8-4-3-7-11(12)13(15)16-9-10-5-1-2-6-10/h3-5,7-8,14H,1-2,6,9H2. The third kappa shape index (κ3) is 2.42. The van der Waals surface area contributed by atoms with Gasteiger partial charge in [0, 0.05) is 0 Å². The van der Waals surface area contributed by atoms with Crippen LogP contribution >= 0.6 is 0 Å². The van der Waals surface area contributed by atoms with E-state index in [0.29, 0.717) is 6.61 Å². The normalized spacial score (nSPS) is 14.6. The van der Waals surface area contributed by atoms with Gasteiger partial charge in [-0.3, -0.25) is 0 Å². The van der Waals surface area contributed by atoms with Crippen LogP contribution in [0.3, 0.4) is 0 Å². The molecular formula is C13H14O3. The largest absolute Gasteiger partial charge is 0.507 e. The molecule has 2 rings (SSSR count). The molecule has 0 atom stereocenters. The molecular weight excluding hydrogens is 204 g/mol. The summed E-state index contributed by atoms with van der Waals surface area (Å²) in [4.78, 5) is 11.6. The highest BCUT2D eigenvalue weighted by Gasteiger charge is 2.13. The first-order valence-electron chi connectivity index (χ1n) is 5.40. The predicted molar refractivity (Wildman–Crippen MR) is 60.3 cm³/mol. The number of phenolic OH excluding ortho intramolecular Hbond substituents is 1. The van der Waals surface area contributed by atoms with E-state index in [1.807, 2.05) is 0 Å². The van der Waals surface area contributed by atoms with Gasteiger partial charge in [-0.1, -0.05) is 18.2 Å². The van der Waals surface area contributed by atoms with Crippen LogP contribution in [-0.4, -0.2) is 17.7 Å². The molecule has 0 bridgehead atoms. The van der Waals surface area contributed by atoms with Gasteiger partial charge in [-0.15, -0.1) is 0 Å². The number of carbonyl (C=O) groups is 1. The lowest BCUT2D eigenvalue weighted by Gasteiger charge is -2.06. The summed E-state index contributed by atoms with van der Waals surface area (Å²) >= 11 is 0. The number of phenols is 1. The fourth-order valence-corrected chi connectivity index (χ4v) is 1.75. The third-order valence-corrected chi connectivity index (χ3v) is 2.65. The number of carbonyl (C=O) groups excluding carboxylic acids is 1. The van der Waals surface area contributed by atoms with E-state index in [-0.39, 0.29) is 11.3 Å². The molecule has 1 aromatic carbocycles. The van der Waals surface area contributed by atoms with Crippen molar-refractivity contribution < 1.29 is 14.6 Å². The second-order valence-electron chi connectivity index (χ2n) is 3.85. The van der Waals surface area contributed by atoms with Gasteiger partial charge >= 0.3 is 5.97 Å². The Labute approximate surface area is 94.4 Å². The van der Waals surface area contributed by atoms with E-state index >= 15 is 0 Å². The molecule has 0 saturated heterocycles. The van der Waals surface area contributed by atoms with E-state index < -0.39 is 5.97 Å². The number of para-hydroxylation sites is 1. The maximum Gasteiger partial charge on any atom is 0.342 e. The van der Waals surface area contributed by atoms with Crippen molar-refractivity contribution in [1.29, 1.82) is 0 Å². The van der Waals surface area contributed by atoms with Crippen molar-refractivity contribution in [2.75, 3.05) is 6.61 Å². The Hall–Kier alpha value is -1.77. The Morgan fingerprint density at radius 1 is 1.38 bits per heavy atom. The van der Waals surface area contributed by atoms with Crippen molar-refractivity contribution in [1.82, 2.24) is 0 Å². The summed E-state index contributed by atoms with van der Waals surface area (Å²) in [6, 6.07) is 6.41. The van der Waals surface area contributed by atoms with Gasteiger partial charge in [-0.25, -0.2) is 4.79 Å². The lowest BCUT2D eigenvalue weighted by Crippen LogP contribution is -2.07. The topological polar surface area (TPSA) is 46.5 Å². The van der Waals surface area contributed by atoms with Crippen molar-refractivity contribution in [3.05, 3.63) is 41.5 Å². The molecule has 3 heteroatoms. The van der Waals surface area contributed by atoms with Gasteiger partial charge in [-0.2, -0.15) is 0 Å². The summed E-state index contributed by atoms with van der Waals surface area (Å²) in [6.45, 7) is 0.340. The minimum absolute atomic E-state index is 0.0344. The number of hydrogen-bond acceptors (Lipinski definition) is 3. The molecule has 84 valence electrons. The third-order valence-electron chi connectivity index (χ3n) is 2.65. The Morgan fingerprint density at radius 3 is 2.88 bits per heavy atom. The van der Waals surface area contributed by atoms with E-state index in [4.69, 9.17) is 4.74 Å². The van der Waals surface area contributed by atoms with Gasteiger partial charge < -0.3 is 9.84 Å². The lowest BCUT2D eigenvalue weighted by atomic mass is 10.2. The number of ether oxygens (including phenoxy) is 1. The molecule has 0 fully saturated rings. The number of esters is 1. The fourth-order valence-electron chi connectivity index (χ4n) is 1.75. The molecule has 0 amide bonds. The molecule has 0 aliphatic heterocycles. The van der Waals surface area contributed by atoms with Crippen molar-refractivity contribution >= 4 is 5.97 Å². The number of hydrogen-bond donors (Lipinski definition) is 1. The number of rotatable bonds is 3. The highest BCUT2D eigenvalue weighted by Crippen LogP contribution is 2.20. The molecule has 16 heavy (non-hydrogen) atoms. The van der Waals surface area contributed by atoms with E-state index in [9.17, 15) is 9.90 Å². The number of allylic oxidation sites excluding steroid dienone is 1. The summed E-state index contributed by atoms with van der Waals surface area (Å²) in [5.41, 5.74) is 1.39. The van der Waals surface area contributed by atoms with Gasteiger partial charge in [-0.05, 0) is 37.0 Å². The van der Waals surface area contributed by atoms with E-state index in [2.05, 4.69) is 6.08 Å². The first kappa shape index (κ1) is 10.7. The minimum Gasteiger partial charge on any atom is -0.507 e. The molecule has 0 heterocycles. The summed E-state index contributed by atoms with van der Waals surface area (Å²) in [6.07, 6.45) is 5.33. The SMILES string of the molecule is O=C(OCC1=CCCC1)c1ccccc1O. The van der Waals surface area contributed by atoms with Gasteiger partial charge in [0.05, 0.1) is 0 Å². The second kappa shape index (κ2) is 4.84. The summed E-state index contributed by atoms with van der Waals surface area (Å²) in [5.74, 6) is -0.501. The molecule has 1 aromatic rings. The highest BCUT2D eigenvalue weighted by molar-refractivity contribution is 5.92. The summed E-state index contributed by atoms with van der Waals surface area (Å²) in [5, 5.41) is 9.46. The van der Waals surface area contributed by atoms with Crippen molar-refractivity contribution in [2.45, 2.75) is 19.3 Å². The molecule has 0 aromatic heterocycles. The van der Waals surface area contributed by atoms with Gasteiger partial charge in [0.25, 0.3) is 0 Å². The molecule has 3 nitrogen and oxygen atoms in total. The molecule has 0 spiro atoms. The molecule has 1 aliphatic carbocycles. The minimum atomic E-state index is -0.467. The Balaban J connectivity index is 1.95. The average Bonchev–Trinajstić information content (AvgIpc) is 2.79. The number of benzene rings is 1. The molecule has 0 radical (unpaired) electrons. The Morgan fingerprint density at radius 2 is 2.19 bits per heavy atom. The monoisotopic (exact) mass is 218 g/mol. The van der Waals surface area contributed by atoms with Crippen molar-refractivity contribution in [2.24, 2.45) is 0 Å². The van der Waals surface area contributed by atoms with Crippen molar-refractivity contribution in [3.63, 3.8) is 0 Å². The van der Waals surface area contributed by atoms with E-state index in [0.717, 1.165) is 19.3 Å². The zero-order chi connectivity index (χ0) is 11.4. The van der Waals surface area contributed by atoms with Crippen LogP contribution in [0.5, 0.6) is 5.75 Å². The van der Waals surface area contributed by atoms with Crippen LogP contribution < -0.4 is 0 Å². The van der Waals surface area contributed by atoms with Crippen LogP contribution in [0.2, 0.25) is 0 Å². The van der Waals surface area contributed by atoms with Crippen LogP contribution in [0.4, 0.5) is 0 Å². The maximum absolute atomic E-state index is 11.6. The van der Waals surface area contributed by atoms with Crippen LogP contribution in [-0.2, 0) is 4.74 Å². The molecule has 0 saturated carbocycles. The van der Waals surface area contributed by atoms with Gasteiger partial charge in [0.1, 0.15) is 17.9 Å². The van der Waals surface area contributed by atoms with Crippen LogP contribution in [0.15, 0.2) is 35.9 Å². The highest BCUT2D eigenvalue weighted by atomic mass is 16.5. The maximum atomic E-state index is 11.6. The zero-order valence-corrected chi connectivity index (χ0v) is 8.98. The lowest BCUT2D eigenvalue weighted by molar-refractivity contribution is 0.0535. The van der Waals surface area contributed by atoms with Crippen LogP contribution in [0.25, 0.3) is 0 Å².